The number of nitrogens with one attached hydrogen (secondary N) is 1. The van der Waals surface area contributed by atoms with Crippen molar-refractivity contribution in [3.8, 4) is 0 Å². The van der Waals surface area contributed by atoms with E-state index in [-0.39, 0.29) is 23.9 Å². The zero-order valence-corrected chi connectivity index (χ0v) is 18.1. The molecule has 7 heteroatoms. The fraction of sp³-hybridized carbons (Fsp3) is 0.609. The molecule has 3 aliphatic rings. The second-order valence-corrected chi connectivity index (χ2v) is 9.76. The first-order chi connectivity index (χ1) is 14.2. The van der Waals surface area contributed by atoms with Gasteiger partial charge in [0.2, 0.25) is 11.8 Å². The van der Waals surface area contributed by atoms with Gasteiger partial charge in [-0.05, 0) is 62.6 Å². The number of hydrogen-bond acceptors (Lipinski definition) is 5. The SMILES string of the molecule is CC(C)(C)OC(=O)N1CC(CCc2ccc3c(c2)CN(C2CCC(=O)NC2=O)C3)C1. The van der Waals surface area contributed by atoms with E-state index in [9.17, 15) is 14.4 Å². The summed E-state index contributed by atoms with van der Waals surface area (Å²) in [5.41, 5.74) is 3.40. The number of rotatable bonds is 4. The molecular weight excluding hydrogens is 382 g/mol. The van der Waals surface area contributed by atoms with Gasteiger partial charge in [0, 0.05) is 32.6 Å². The highest BCUT2D eigenvalue weighted by molar-refractivity contribution is 6.00. The van der Waals surface area contributed by atoms with E-state index in [2.05, 4.69) is 28.4 Å². The summed E-state index contributed by atoms with van der Waals surface area (Å²) in [7, 11) is 0. The molecule has 3 amide bonds. The lowest BCUT2D eigenvalue weighted by molar-refractivity contribution is -0.137. The lowest BCUT2D eigenvalue weighted by atomic mass is 9.92. The topological polar surface area (TPSA) is 79.0 Å². The predicted octanol–water partition coefficient (Wildman–Crippen LogP) is 2.61. The van der Waals surface area contributed by atoms with Gasteiger partial charge in [-0.15, -0.1) is 0 Å². The standard InChI is InChI=1S/C23H31N3O4/c1-23(2,3)30-22(29)26-11-16(12-26)5-4-15-6-7-17-13-25(14-18(17)10-15)19-8-9-20(27)24-21(19)28/h6-7,10,16,19H,4-5,8-9,11-14H2,1-3H3,(H,24,27,28). The van der Waals surface area contributed by atoms with Crippen molar-refractivity contribution >= 4 is 17.9 Å². The molecule has 1 unspecified atom stereocenters. The minimum Gasteiger partial charge on any atom is -0.444 e. The fourth-order valence-electron chi connectivity index (χ4n) is 4.48. The van der Waals surface area contributed by atoms with Gasteiger partial charge in [0.05, 0.1) is 6.04 Å². The van der Waals surface area contributed by atoms with Gasteiger partial charge in [0.25, 0.3) is 0 Å². The number of aryl methyl sites for hydroxylation is 1. The molecule has 1 N–H and O–H groups in total. The Bertz CT molecular complexity index is 854. The van der Waals surface area contributed by atoms with Gasteiger partial charge >= 0.3 is 6.09 Å². The van der Waals surface area contributed by atoms with Crippen molar-refractivity contribution < 1.29 is 19.1 Å². The Morgan fingerprint density at radius 2 is 1.90 bits per heavy atom. The molecule has 30 heavy (non-hydrogen) atoms. The molecular formula is C23H31N3O4. The Kier molecular flexibility index (Phi) is 5.57. The molecule has 0 spiro atoms. The van der Waals surface area contributed by atoms with E-state index < -0.39 is 5.60 Å². The molecule has 2 saturated heterocycles. The van der Waals surface area contributed by atoms with Crippen LogP contribution in [0.4, 0.5) is 4.79 Å². The first-order valence-electron chi connectivity index (χ1n) is 10.8. The van der Waals surface area contributed by atoms with Crippen molar-refractivity contribution in [1.82, 2.24) is 15.1 Å². The van der Waals surface area contributed by atoms with Gasteiger partial charge in [-0.25, -0.2) is 4.79 Å². The van der Waals surface area contributed by atoms with Crippen LogP contribution in [0.1, 0.15) is 56.7 Å². The first-order valence-corrected chi connectivity index (χ1v) is 10.8. The minimum atomic E-state index is -0.450. The maximum absolute atomic E-state index is 12.2. The maximum atomic E-state index is 12.2. The van der Waals surface area contributed by atoms with Gasteiger partial charge in [-0.2, -0.15) is 0 Å². The van der Waals surface area contributed by atoms with Gasteiger partial charge < -0.3 is 9.64 Å². The van der Waals surface area contributed by atoms with Crippen molar-refractivity contribution in [3.63, 3.8) is 0 Å². The quantitative estimate of drug-likeness (QED) is 0.768. The van der Waals surface area contributed by atoms with Crippen LogP contribution in [0.3, 0.4) is 0 Å². The maximum Gasteiger partial charge on any atom is 0.410 e. The fourth-order valence-corrected chi connectivity index (χ4v) is 4.48. The van der Waals surface area contributed by atoms with E-state index in [1.54, 1.807) is 4.90 Å². The second-order valence-electron chi connectivity index (χ2n) is 9.76. The molecule has 1 aromatic carbocycles. The third-order valence-corrected chi connectivity index (χ3v) is 6.12. The summed E-state index contributed by atoms with van der Waals surface area (Å²) in [6.07, 6.45) is 2.83. The predicted molar refractivity (Wildman–Crippen MR) is 111 cm³/mol. The van der Waals surface area contributed by atoms with Crippen molar-refractivity contribution in [2.75, 3.05) is 13.1 Å². The Labute approximate surface area is 177 Å². The normalized spacial score (nSPS) is 22.5. The third kappa shape index (κ3) is 4.67. The first kappa shape index (κ1) is 20.8. The molecule has 0 bridgehead atoms. The number of hydrogen-bond donors (Lipinski definition) is 1. The lowest BCUT2D eigenvalue weighted by Crippen LogP contribution is -2.51. The number of likely N-dealkylation sites (tertiary alicyclic amines) is 1. The van der Waals surface area contributed by atoms with Crippen LogP contribution in [0.2, 0.25) is 0 Å². The molecule has 0 aliphatic carbocycles. The van der Waals surface area contributed by atoms with Crippen LogP contribution in [0.25, 0.3) is 0 Å². The number of piperidine rings is 1. The average molecular weight is 414 g/mol. The minimum absolute atomic E-state index is 0.168. The van der Waals surface area contributed by atoms with Crippen LogP contribution in [0, 0.1) is 5.92 Å². The molecule has 162 valence electrons. The van der Waals surface area contributed by atoms with E-state index in [0.717, 1.165) is 39.0 Å². The zero-order valence-electron chi connectivity index (χ0n) is 18.1. The largest absolute Gasteiger partial charge is 0.444 e. The molecule has 0 aromatic heterocycles. The summed E-state index contributed by atoms with van der Waals surface area (Å²) >= 11 is 0. The Morgan fingerprint density at radius 3 is 2.60 bits per heavy atom. The molecule has 4 rings (SSSR count). The summed E-state index contributed by atoms with van der Waals surface area (Å²) in [5.74, 6) is 0.182. The number of carbonyl (C=O) groups excluding carboxylic acids is 3. The molecule has 7 nitrogen and oxygen atoms in total. The number of benzene rings is 1. The van der Waals surface area contributed by atoms with Crippen LogP contribution >= 0.6 is 0 Å². The number of carbonyl (C=O) groups is 3. The van der Waals surface area contributed by atoms with Gasteiger partial charge in [-0.3, -0.25) is 19.8 Å². The molecule has 0 radical (unpaired) electrons. The monoisotopic (exact) mass is 413 g/mol. The number of imide groups is 1. The Hall–Kier alpha value is -2.41. The van der Waals surface area contributed by atoms with Gasteiger partial charge in [0.1, 0.15) is 5.60 Å². The summed E-state index contributed by atoms with van der Waals surface area (Å²) in [5, 5.41) is 2.46. The molecule has 1 atom stereocenters. The van der Waals surface area contributed by atoms with E-state index in [0.29, 0.717) is 18.8 Å². The number of fused-ring (bicyclic) bond motifs is 1. The summed E-state index contributed by atoms with van der Waals surface area (Å²) in [6, 6.07) is 6.39. The molecule has 3 heterocycles. The van der Waals surface area contributed by atoms with Crippen LogP contribution < -0.4 is 5.32 Å². The highest BCUT2D eigenvalue weighted by Crippen LogP contribution is 2.29. The van der Waals surface area contributed by atoms with Gasteiger partial charge in [0.15, 0.2) is 0 Å². The van der Waals surface area contributed by atoms with Crippen LogP contribution in [0.5, 0.6) is 0 Å². The van der Waals surface area contributed by atoms with Crippen LogP contribution in [0.15, 0.2) is 18.2 Å². The van der Waals surface area contributed by atoms with Crippen molar-refractivity contribution in [2.24, 2.45) is 5.92 Å². The average Bonchev–Trinajstić information content (AvgIpc) is 3.01. The molecule has 2 fully saturated rings. The van der Waals surface area contributed by atoms with Crippen LogP contribution in [-0.2, 0) is 33.8 Å². The highest BCUT2D eigenvalue weighted by Gasteiger charge is 2.35. The second kappa shape index (κ2) is 8.02. The summed E-state index contributed by atoms with van der Waals surface area (Å²) in [6.45, 7) is 8.71. The third-order valence-electron chi connectivity index (χ3n) is 6.12. The lowest BCUT2D eigenvalue weighted by Gasteiger charge is -2.39. The number of nitrogens with zero attached hydrogens (tertiary/aromatic N) is 2. The number of ether oxygens (including phenoxy) is 1. The Balaban J connectivity index is 1.25. The Morgan fingerprint density at radius 1 is 1.17 bits per heavy atom. The van der Waals surface area contributed by atoms with Crippen molar-refractivity contribution in [2.45, 2.75) is 71.2 Å². The zero-order chi connectivity index (χ0) is 21.5. The van der Waals surface area contributed by atoms with Crippen molar-refractivity contribution in [3.05, 3.63) is 34.9 Å². The van der Waals surface area contributed by atoms with E-state index in [4.69, 9.17) is 4.74 Å². The molecule has 1 aromatic rings. The highest BCUT2D eigenvalue weighted by atomic mass is 16.6. The van der Waals surface area contributed by atoms with E-state index >= 15 is 0 Å². The van der Waals surface area contributed by atoms with E-state index in [1.807, 2.05) is 20.8 Å². The molecule has 0 saturated carbocycles. The van der Waals surface area contributed by atoms with Crippen LogP contribution in [-0.4, -0.2) is 52.4 Å². The molecule has 3 aliphatic heterocycles. The van der Waals surface area contributed by atoms with Gasteiger partial charge in [-0.1, -0.05) is 18.2 Å². The summed E-state index contributed by atoms with van der Waals surface area (Å²) in [4.78, 5) is 39.5. The van der Waals surface area contributed by atoms with E-state index in [1.165, 1.54) is 16.7 Å². The summed E-state index contributed by atoms with van der Waals surface area (Å²) < 4.78 is 5.41. The smallest absolute Gasteiger partial charge is 0.410 e. The number of amides is 3. The van der Waals surface area contributed by atoms with Crippen molar-refractivity contribution in [1.29, 1.82) is 0 Å².